The van der Waals surface area contributed by atoms with Crippen LogP contribution in [-0.4, -0.2) is 44.9 Å². The number of methoxy groups -OCH3 is 1. The standard InChI is InChI=1S/C24H32N4O5S/c1-17(23(29)26-15-19-11-13-25-14-12-19)28-24(30)20-5-3-18(4-6-20)16-27-34(31,32)22-9-7-21(33-2)8-10-22/h7-14,17-18,20,27H,3-6,15-16H2,1-2H3,(H,26,29)(H,28,30)/t17-,18?,20?/m0/s1. The van der Waals surface area contributed by atoms with Crippen molar-refractivity contribution in [2.75, 3.05) is 13.7 Å². The Bertz CT molecular complexity index is 1050. The van der Waals surface area contributed by atoms with Crippen LogP contribution in [0.5, 0.6) is 5.75 Å². The zero-order valence-electron chi connectivity index (χ0n) is 19.5. The molecular formula is C24H32N4O5S. The molecule has 1 aromatic heterocycles. The molecule has 184 valence electrons. The van der Waals surface area contributed by atoms with Gasteiger partial charge in [-0.25, -0.2) is 13.1 Å². The van der Waals surface area contributed by atoms with E-state index in [9.17, 15) is 18.0 Å². The lowest BCUT2D eigenvalue weighted by Crippen LogP contribution is -2.47. The van der Waals surface area contributed by atoms with Crippen LogP contribution in [-0.2, 0) is 26.2 Å². The third kappa shape index (κ3) is 7.26. The minimum absolute atomic E-state index is 0.135. The lowest BCUT2D eigenvalue weighted by atomic mass is 9.81. The van der Waals surface area contributed by atoms with Gasteiger partial charge in [0.25, 0.3) is 0 Å². The predicted octanol–water partition coefficient (Wildman–Crippen LogP) is 2.00. The Morgan fingerprint density at radius 1 is 1.06 bits per heavy atom. The van der Waals surface area contributed by atoms with E-state index in [1.54, 1.807) is 31.5 Å². The Kier molecular flexibility index (Phi) is 9.00. The molecule has 9 nitrogen and oxygen atoms in total. The molecule has 1 aliphatic rings. The van der Waals surface area contributed by atoms with Gasteiger partial charge in [0.2, 0.25) is 21.8 Å². The minimum atomic E-state index is -3.60. The van der Waals surface area contributed by atoms with Crippen molar-refractivity contribution < 1.29 is 22.7 Å². The summed E-state index contributed by atoms with van der Waals surface area (Å²) in [6.45, 7) is 2.37. The van der Waals surface area contributed by atoms with Crippen molar-refractivity contribution in [3.05, 3.63) is 54.4 Å². The first-order valence-electron chi connectivity index (χ1n) is 11.4. The number of carbonyl (C=O) groups excluding carboxylic acids is 2. The van der Waals surface area contributed by atoms with E-state index in [4.69, 9.17) is 4.74 Å². The van der Waals surface area contributed by atoms with E-state index in [0.29, 0.717) is 31.7 Å². The molecule has 3 N–H and O–H groups in total. The highest BCUT2D eigenvalue weighted by molar-refractivity contribution is 7.89. The van der Waals surface area contributed by atoms with Gasteiger partial charge in [-0.05, 0) is 80.5 Å². The number of pyridine rings is 1. The van der Waals surface area contributed by atoms with Gasteiger partial charge in [0.15, 0.2) is 0 Å². The first-order chi connectivity index (χ1) is 16.3. The van der Waals surface area contributed by atoms with Gasteiger partial charge in [-0.15, -0.1) is 0 Å². The molecule has 2 amide bonds. The second kappa shape index (κ2) is 11.9. The summed E-state index contributed by atoms with van der Waals surface area (Å²) in [5.41, 5.74) is 0.933. The molecule has 1 saturated carbocycles. The third-order valence-corrected chi connectivity index (χ3v) is 7.56. The first kappa shape index (κ1) is 25.6. The Morgan fingerprint density at radius 3 is 2.32 bits per heavy atom. The third-order valence-electron chi connectivity index (χ3n) is 6.12. The van der Waals surface area contributed by atoms with Crippen LogP contribution < -0.4 is 20.1 Å². The Balaban J connectivity index is 1.39. The van der Waals surface area contributed by atoms with Gasteiger partial charge >= 0.3 is 0 Å². The Morgan fingerprint density at radius 2 is 1.71 bits per heavy atom. The highest BCUT2D eigenvalue weighted by Gasteiger charge is 2.29. The van der Waals surface area contributed by atoms with Crippen LogP contribution in [0.3, 0.4) is 0 Å². The smallest absolute Gasteiger partial charge is 0.242 e. The molecule has 3 rings (SSSR count). The number of benzene rings is 1. The molecule has 1 fully saturated rings. The largest absolute Gasteiger partial charge is 0.497 e. The molecule has 1 aliphatic carbocycles. The molecular weight excluding hydrogens is 456 g/mol. The first-order valence-corrected chi connectivity index (χ1v) is 12.9. The number of rotatable bonds is 10. The SMILES string of the molecule is COc1ccc(S(=O)(=O)NCC2CCC(C(=O)N[C@@H](C)C(=O)NCc3ccncc3)CC2)cc1. The second-order valence-electron chi connectivity index (χ2n) is 8.55. The summed E-state index contributed by atoms with van der Waals surface area (Å²) >= 11 is 0. The van der Waals surface area contributed by atoms with Crippen molar-refractivity contribution in [1.82, 2.24) is 20.3 Å². The minimum Gasteiger partial charge on any atom is -0.497 e. The zero-order valence-corrected chi connectivity index (χ0v) is 20.3. The fourth-order valence-electron chi connectivity index (χ4n) is 3.93. The monoisotopic (exact) mass is 488 g/mol. The molecule has 0 radical (unpaired) electrons. The van der Waals surface area contributed by atoms with Gasteiger partial charge in [-0.1, -0.05) is 0 Å². The molecule has 1 atom stereocenters. The molecule has 1 heterocycles. The fourth-order valence-corrected chi connectivity index (χ4v) is 5.05. The summed E-state index contributed by atoms with van der Waals surface area (Å²) in [5, 5.41) is 5.61. The molecule has 10 heteroatoms. The van der Waals surface area contributed by atoms with Crippen molar-refractivity contribution in [1.29, 1.82) is 0 Å². The van der Waals surface area contributed by atoms with Gasteiger partial charge in [-0.2, -0.15) is 0 Å². The maximum absolute atomic E-state index is 12.6. The topological polar surface area (TPSA) is 126 Å². The number of nitrogens with one attached hydrogen (secondary N) is 3. The molecule has 0 aliphatic heterocycles. The molecule has 1 aromatic carbocycles. The highest BCUT2D eigenvalue weighted by Crippen LogP contribution is 2.29. The van der Waals surface area contributed by atoms with Crippen LogP contribution in [0.2, 0.25) is 0 Å². The van der Waals surface area contributed by atoms with Gasteiger partial charge in [-0.3, -0.25) is 14.6 Å². The summed E-state index contributed by atoms with van der Waals surface area (Å²) < 4.78 is 32.8. The van der Waals surface area contributed by atoms with Crippen LogP contribution in [0.4, 0.5) is 0 Å². The van der Waals surface area contributed by atoms with Crippen molar-refractivity contribution in [3.63, 3.8) is 0 Å². The van der Waals surface area contributed by atoms with E-state index in [1.165, 1.54) is 19.2 Å². The lowest BCUT2D eigenvalue weighted by Gasteiger charge is -2.28. The Labute approximate surface area is 200 Å². The van der Waals surface area contributed by atoms with Crippen LogP contribution in [0.1, 0.15) is 38.2 Å². The number of amides is 2. The van der Waals surface area contributed by atoms with Crippen LogP contribution in [0.15, 0.2) is 53.7 Å². The summed E-state index contributed by atoms with van der Waals surface area (Å²) in [4.78, 5) is 29.1. The normalized spacial score (nSPS) is 19.1. The van der Waals surface area contributed by atoms with Gasteiger partial charge in [0.05, 0.1) is 12.0 Å². The number of aromatic nitrogens is 1. The van der Waals surface area contributed by atoms with Crippen LogP contribution in [0.25, 0.3) is 0 Å². The molecule has 2 aromatic rings. The van der Waals surface area contributed by atoms with Crippen molar-refractivity contribution >= 4 is 21.8 Å². The van der Waals surface area contributed by atoms with Gasteiger partial charge in [0.1, 0.15) is 11.8 Å². The van der Waals surface area contributed by atoms with E-state index < -0.39 is 16.1 Å². The van der Waals surface area contributed by atoms with Gasteiger partial charge < -0.3 is 15.4 Å². The van der Waals surface area contributed by atoms with E-state index in [0.717, 1.165) is 18.4 Å². The number of hydrogen-bond donors (Lipinski definition) is 3. The molecule has 34 heavy (non-hydrogen) atoms. The number of ether oxygens (including phenoxy) is 1. The molecule has 0 saturated heterocycles. The average molecular weight is 489 g/mol. The quantitative estimate of drug-likeness (QED) is 0.470. The van der Waals surface area contributed by atoms with E-state index >= 15 is 0 Å². The number of nitrogens with zero attached hydrogens (tertiary/aromatic N) is 1. The second-order valence-corrected chi connectivity index (χ2v) is 10.3. The van der Waals surface area contributed by atoms with Crippen molar-refractivity contribution in [3.8, 4) is 5.75 Å². The average Bonchev–Trinajstić information content (AvgIpc) is 2.87. The summed E-state index contributed by atoms with van der Waals surface area (Å²) in [5.74, 6) is 0.203. The summed E-state index contributed by atoms with van der Waals surface area (Å²) in [6.07, 6.45) is 6.12. The van der Waals surface area contributed by atoms with Crippen LogP contribution >= 0.6 is 0 Å². The molecule has 0 unspecified atom stereocenters. The summed E-state index contributed by atoms with van der Waals surface area (Å²) in [6, 6.07) is 9.24. The van der Waals surface area contributed by atoms with E-state index in [2.05, 4.69) is 20.3 Å². The predicted molar refractivity (Wildman–Crippen MR) is 127 cm³/mol. The molecule has 0 bridgehead atoms. The number of sulfonamides is 1. The maximum atomic E-state index is 12.6. The van der Waals surface area contributed by atoms with E-state index in [-0.39, 0.29) is 28.5 Å². The summed E-state index contributed by atoms with van der Waals surface area (Å²) in [7, 11) is -2.07. The van der Waals surface area contributed by atoms with Crippen molar-refractivity contribution in [2.24, 2.45) is 11.8 Å². The Hall–Kier alpha value is -2.98. The van der Waals surface area contributed by atoms with Crippen molar-refractivity contribution in [2.45, 2.75) is 50.1 Å². The fraction of sp³-hybridized carbons (Fsp3) is 0.458. The number of hydrogen-bond acceptors (Lipinski definition) is 6. The lowest BCUT2D eigenvalue weighted by molar-refractivity contribution is -0.131. The van der Waals surface area contributed by atoms with Gasteiger partial charge in [0, 0.05) is 31.4 Å². The highest BCUT2D eigenvalue weighted by atomic mass is 32.2. The van der Waals surface area contributed by atoms with Crippen LogP contribution in [0, 0.1) is 11.8 Å². The number of carbonyl (C=O) groups is 2. The molecule has 0 spiro atoms. The zero-order chi connectivity index (χ0) is 24.6. The maximum Gasteiger partial charge on any atom is 0.242 e. The van der Waals surface area contributed by atoms with E-state index in [1.807, 2.05) is 12.1 Å².